The largest absolute Gasteiger partial charge is 0.501 e. The van der Waals surface area contributed by atoms with Crippen molar-refractivity contribution in [3.8, 4) is 0 Å². The van der Waals surface area contributed by atoms with Crippen LogP contribution in [0.15, 0.2) is 29.2 Å². The minimum atomic E-state index is -5.29. The molecule has 0 bridgehead atoms. The molecule has 2 rings (SSSR count). The van der Waals surface area contributed by atoms with Crippen molar-refractivity contribution in [1.82, 2.24) is 0 Å². The van der Waals surface area contributed by atoms with E-state index in [0.717, 1.165) is 25.1 Å². The topological polar surface area (TPSA) is 63.4 Å². The van der Waals surface area contributed by atoms with Crippen molar-refractivity contribution in [2.24, 2.45) is 11.7 Å². The van der Waals surface area contributed by atoms with Gasteiger partial charge in [0, 0.05) is 24.8 Å². The maximum Gasteiger partial charge on any atom is 0.501 e. The second kappa shape index (κ2) is 5.49. The summed E-state index contributed by atoms with van der Waals surface area (Å²) >= 11 is 0. The summed E-state index contributed by atoms with van der Waals surface area (Å²) in [5.74, 6) is 0.382. The smallest absolute Gasteiger partial charge is 0.370 e. The maximum atomic E-state index is 12.5. The van der Waals surface area contributed by atoms with Crippen molar-refractivity contribution in [3.63, 3.8) is 0 Å². The first-order valence-corrected chi connectivity index (χ1v) is 8.01. The van der Waals surface area contributed by atoms with E-state index in [2.05, 4.69) is 6.92 Å². The highest BCUT2D eigenvalue weighted by Gasteiger charge is 2.46. The molecular weight excluding hydrogens is 305 g/mol. The van der Waals surface area contributed by atoms with Crippen LogP contribution >= 0.6 is 0 Å². The summed E-state index contributed by atoms with van der Waals surface area (Å²) in [7, 11) is -5.29. The van der Waals surface area contributed by atoms with Crippen molar-refractivity contribution >= 4 is 15.5 Å². The van der Waals surface area contributed by atoms with Gasteiger partial charge in [0.25, 0.3) is 9.84 Å². The lowest BCUT2D eigenvalue weighted by molar-refractivity contribution is -0.0436. The molecular formula is C13H17F3N2O2S. The van der Waals surface area contributed by atoms with Gasteiger partial charge in [-0.2, -0.15) is 13.2 Å². The van der Waals surface area contributed by atoms with Gasteiger partial charge in [0.05, 0.1) is 4.90 Å². The van der Waals surface area contributed by atoms with Crippen LogP contribution in [0.25, 0.3) is 0 Å². The molecule has 0 aromatic heterocycles. The standard InChI is InChI=1S/C13H17F3N2O2S/c1-9-6-10(17)8-18(7-9)11-2-4-12(5-3-11)21(19,20)13(14,15)16/h2-5,9-10H,6-8,17H2,1H3. The summed E-state index contributed by atoms with van der Waals surface area (Å²) in [6.07, 6.45) is 0.900. The molecule has 1 aromatic carbocycles. The molecule has 2 N–H and O–H groups in total. The summed E-state index contributed by atoms with van der Waals surface area (Å²) < 4.78 is 60.0. The summed E-state index contributed by atoms with van der Waals surface area (Å²) in [6.45, 7) is 3.41. The fraction of sp³-hybridized carbons (Fsp3) is 0.538. The molecule has 2 atom stereocenters. The number of rotatable bonds is 2. The van der Waals surface area contributed by atoms with Crippen LogP contribution in [0.4, 0.5) is 18.9 Å². The van der Waals surface area contributed by atoms with Gasteiger partial charge in [-0.15, -0.1) is 0 Å². The molecule has 4 nitrogen and oxygen atoms in total. The highest BCUT2D eigenvalue weighted by molar-refractivity contribution is 7.92. The second-order valence-electron chi connectivity index (χ2n) is 5.45. The van der Waals surface area contributed by atoms with Crippen molar-refractivity contribution in [2.45, 2.75) is 29.8 Å². The van der Waals surface area contributed by atoms with Crippen molar-refractivity contribution in [1.29, 1.82) is 0 Å². The van der Waals surface area contributed by atoms with Crippen LogP contribution < -0.4 is 10.6 Å². The zero-order chi connectivity index (χ0) is 15.8. The molecule has 0 radical (unpaired) electrons. The molecule has 0 aliphatic carbocycles. The van der Waals surface area contributed by atoms with Gasteiger partial charge in [-0.3, -0.25) is 0 Å². The van der Waals surface area contributed by atoms with Crippen molar-refractivity contribution in [3.05, 3.63) is 24.3 Å². The Balaban J connectivity index is 2.24. The van der Waals surface area contributed by atoms with E-state index in [4.69, 9.17) is 5.73 Å². The lowest BCUT2D eigenvalue weighted by Gasteiger charge is -2.36. The normalized spacial score (nSPS) is 24.1. The summed E-state index contributed by atoms with van der Waals surface area (Å²) in [4.78, 5) is 1.22. The first kappa shape index (κ1) is 16.1. The van der Waals surface area contributed by atoms with Gasteiger partial charge in [0.1, 0.15) is 0 Å². The van der Waals surface area contributed by atoms with Crippen molar-refractivity contribution < 1.29 is 21.6 Å². The highest BCUT2D eigenvalue weighted by atomic mass is 32.2. The second-order valence-corrected chi connectivity index (χ2v) is 7.39. The number of nitrogens with two attached hydrogens (primary N) is 1. The molecule has 1 aromatic rings. The third-order valence-electron chi connectivity index (χ3n) is 3.51. The van der Waals surface area contributed by atoms with Gasteiger partial charge < -0.3 is 10.6 Å². The average molecular weight is 322 g/mol. The molecule has 1 aliphatic rings. The number of nitrogens with zero attached hydrogens (tertiary/aromatic N) is 1. The highest BCUT2D eigenvalue weighted by Crippen LogP contribution is 2.31. The first-order chi connectivity index (χ1) is 9.61. The fourth-order valence-electron chi connectivity index (χ4n) is 2.58. The Hall–Kier alpha value is -1.28. The third-order valence-corrected chi connectivity index (χ3v) is 5.01. The van der Waals surface area contributed by atoms with E-state index in [-0.39, 0.29) is 6.04 Å². The Bertz CT molecular complexity index is 589. The Morgan fingerprint density at radius 3 is 2.24 bits per heavy atom. The number of alkyl halides is 3. The number of benzene rings is 1. The predicted octanol–water partition coefficient (Wildman–Crippen LogP) is 2.15. The van der Waals surface area contributed by atoms with E-state index in [1.165, 1.54) is 12.1 Å². The monoisotopic (exact) mass is 322 g/mol. The Kier molecular flexibility index (Phi) is 4.21. The van der Waals surface area contributed by atoms with Gasteiger partial charge >= 0.3 is 5.51 Å². The summed E-state index contributed by atoms with van der Waals surface area (Å²) in [5, 5.41) is 0. The number of sulfone groups is 1. The molecule has 21 heavy (non-hydrogen) atoms. The zero-order valence-corrected chi connectivity index (χ0v) is 12.3. The Labute approximate surface area is 121 Å². The number of hydrogen-bond donors (Lipinski definition) is 1. The molecule has 118 valence electrons. The number of hydrogen-bond acceptors (Lipinski definition) is 4. The van der Waals surface area contributed by atoms with E-state index in [0.29, 0.717) is 18.2 Å². The van der Waals surface area contributed by atoms with Gasteiger partial charge in [0.15, 0.2) is 0 Å². The van der Waals surface area contributed by atoms with Gasteiger partial charge in [0.2, 0.25) is 0 Å². The van der Waals surface area contributed by atoms with Gasteiger partial charge in [-0.05, 0) is 36.6 Å². The molecule has 1 saturated heterocycles. The Morgan fingerprint density at radius 2 is 1.76 bits per heavy atom. The molecule has 0 amide bonds. The SMILES string of the molecule is CC1CC(N)CN(c2ccc(S(=O)(=O)C(F)(F)F)cc2)C1. The average Bonchev–Trinajstić information content (AvgIpc) is 2.36. The number of piperidine rings is 1. The van der Waals surface area contributed by atoms with Crippen LogP contribution in [0.1, 0.15) is 13.3 Å². The Morgan fingerprint density at radius 1 is 1.19 bits per heavy atom. The molecule has 1 aliphatic heterocycles. The molecule has 1 fully saturated rings. The van der Waals surface area contributed by atoms with E-state index < -0.39 is 20.2 Å². The predicted molar refractivity (Wildman–Crippen MR) is 73.7 cm³/mol. The third kappa shape index (κ3) is 3.32. The lowest BCUT2D eigenvalue weighted by Crippen LogP contribution is -2.46. The van der Waals surface area contributed by atoms with Crippen LogP contribution in [0.5, 0.6) is 0 Å². The fourth-order valence-corrected chi connectivity index (χ4v) is 3.34. The van der Waals surface area contributed by atoms with Crippen LogP contribution in [-0.2, 0) is 9.84 Å². The van der Waals surface area contributed by atoms with Gasteiger partial charge in [-0.1, -0.05) is 6.92 Å². The van der Waals surface area contributed by atoms with E-state index in [1.54, 1.807) is 0 Å². The zero-order valence-electron chi connectivity index (χ0n) is 11.5. The maximum absolute atomic E-state index is 12.5. The van der Waals surface area contributed by atoms with Crippen molar-refractivity contribution in [2.75, 3.05) is 18.0 Å². The minimum Gasteiger partial charge on any atom is -0.370 e. The van der Waals surface area contributed by atoms with E-state index in [9.17, 15) is 21.6 Å². The van der Waals surface area contributed by atoms with Gasteiger partial charge in [-0.25, -0.2) is 8.42 Å². The molecule has 0 spiro atoms. The lowest BCUT2D eigenvalue weighted by atomic mass is 9.96. The first-order valence-electron chi connectivity index (χ1n) is 6.53. The molecule has 0 saturated carbocycles. The van der Waals surface area contributed by atoms with Crippen LogP contribution in [-0.4, -0.2) is 33.1 Å². The molecule has 1 heterocycles. The summed E-state index contributed by atoms with van der Waals surface area (Å²) in [6, 6.07) is 4.77. The van der Waals surface area contributed by atoms with Crippen LogP contribution in [0, 0.1) is 5.92 Å². The van der Waals surface area contributed by atoms with E-state index >= 15 is 0 Å². The van der Waals surface area contributed by atoms with Crippen LogP contribution in [0.2, 0.25) is 0 Å². The number of anilines is 1. The summed E-state index contributed by atoms with van der Waals surface area (Å²) in [5.41, 5.74) is 1.32. The van der Waals surface area contributed by atoms with Crippen LogP contribution in [0.3, 0.4) is 0 Å². The molecule has 8 heteroatoms. The van der Waals surface area contributed by atoms with E-state index in [1.807, 2.05) is 4.90 Å². The number of halogens is 3. The molecule has 2 unspecified atom stereocenters. The quantitative estimate of drug-likeness (QED) is 0.906. The minimum absolute atomic E-state index is 0.00679.